The lowest BCUT2D eigenvalue weighted by Crippen LogP contribution is -2.53. The van der Waals surface area contributed by atoms with E-state index in [9.17, 15) is 9.90 Å². The van der Waals surface area contributed by atoms with Crippen LogP contribution in [0.2, 0.25) is 0 Å². The zero-order chi connectivity index (χ0) is 11.8. The van der Waals surface area contributed by atoms with Crippen LogP contribution in [0.4, 0.5) is 0 Å². The van der Waals surface area contributed by atoms with Gasteiger partial charge >= 0.3 is 0 Å². The molecule has 0 radical (unpaired) electrons. The summed E-state index contributed by atoms with van der Waals surface area (Å²) in [5.41, 5.74) is 0.508. The molecular formula is C12H13NO4. The number of rotatable bonds is 1. The third-order valence-corrected chi connectivity index (χ3v) is 2.95. The number of carbonyl (C=O) groups excluding carboxylic acids is 1. The first-order valence-corrected chi connectivity index (χ1v) is 5.61. The summed E-state index contributed by atoms with van der Waals surface area (Å²) in [7, 11) is 0. The Morgan fingerprint density at radius 2 is 2.06 bits per heavy atom. The Kier molecular flexibility index (Phi) is 2.40. The van der Waals surface area contributed by atoms with Crippen molar-refractivity contribution >= 4 is 5.91 Å². The topological polar surface area (TPSA) is 59.0 Å². The number of aliphatic hydroxyl groups is 1. The number of hydrogen-bond acceptors (Lipinski definition) is 4. The maximum absolute atomic E-state index is 12.1. The number of para-hydroxylation sites is 1. The summed E-state index contributed by atoms with van der Waals surface area (Å²) in [6.45, 7) is 1.75. The molecule has 0 bridgehead atoms. The zero-order valence-electron chi connectivity index (χ0n) is 9.26. The van der Waals surface area contributed by atoms with Crippen LogP contribution in [-0.2, 0) is 0 Å². The first kappa shape index (κ1) is 10.4. The molecule has 0 unspecified atom stereocenters. The van der Waals surface area contributed by atoms with Crippen molar-refractivity contribution in [2.45, 2.75) is 6.10 Å². The molecular weight excluding hydrogens is 222 g/mol. The van der Waals surface area contributed by atoms with Crippen molar-refractivity contribution in [3.63, 3.8) is 0 Å². The normalized spacial score (nSPS) is 18.8. The van der Waals surface area contributed by atoms with Crippen molar-refractivity contribution in [3.8, 4) is 11.5 Å². The molecule has 90 valence electrons. The van der Waals surface area contributed by atoms with E-state index in [2.05, 4.69) is 0 Å². The fraction of sp³-hybridized carbons (Fsp3) is 0.417. The van der Waals surface area contributed by atoms with Gasteiger partial charge in [-0.2, -0.15) is 0 Å². The molecule has 1 aromatic carbocycles. The molecule has 2 heterocycles. The van der Waals surface area contributed by atoms with Crippen LogP contribution in [0, 0.1) is 0 Å². The van der Waals surface area contributed by atoms with E-state index < -0.39 is 6.10 Å². The summed E-state index contributed by atoms with van der Waals surface area (Å²) in [4.78, 5) is 13.7. The number of amides is 1. The van der Waals surface area contributed by atoms with E-state index in [4.69, 9.17) is 9.47 Å². The van der Waals surface area contributed by atoms with Crippen LogP contribution in [0.25, 0.3) is 0 Å². The van der Waals surface area contributed by atoms with Gasteiger partial charge in [0.2, 0.25) is 0 Å². The molecule has 0 aromatic heterocycles. The second kappa shape index (κ2) is 3.92. The van der Waals surface area contributed by atoms with Gasteiger partial charge in [-0.3, -0.25) is 4.79 Å². The average molecular weight is 235 g/mol. The first-order valence-electron chi connectivity index (χ1n) is 5.61. The van der Waals surface area contributed by atoms with Crippen LogP contribution in [0.1, 0.15) is 10.4 Å². The first-order chi connectivity index (χ1) is 8.25. The van der Waals surface area contributed by atoms with Crippen molar-refractivity contribution in [3.05, 3.63) is 23.8 Å². The summed E-state index contributed by atoms with van der Waals surface area (Å²) in [6.07, 6.45) is -0.393. The number of β-amino-alcohol motifs (C(OH)–C–C–N with tert-alkyl or cyclic N) is 1. The highest BCUT2D eigenvalue weighted by Gasteiger charge is 2.32. The molecule has 0 aliphatic carbocycles. The number of hydrogen-bond donors (Lipinski definition) is 1. The fourth-order valence-corrected chi connectivity index (χ4v) is 2.03. The lowest BCUT2D eigenvalue weighted by atomic mass is 10.1. The molecule has 1 fully saturated rings. The molecule has 5 heteroatoms. The molecule has 1 amide bonds. The maximum Gasteiger partial charge on any atom is 0.257 e. The van der Waals surface area contributed by atoms with E-state index >= 15 is 0 Å². The van der Waals surface area contributed by atoms with Crippen LogP contribution >= 0.6 is 0 Å². The molecule has 5 nitrogen and oxygen atoms in total. The van der Waals surface area contributed by atoms with Crippen LogP contribution in [-0.4, -0.2) is 48.3 Å². The second-order valence-corrected chi connectivity index (χ2v) is 4.19. The van der Waals surface area contributed by atoms with Gasteiger partial charge < -0.3 is 19.5 Å². The number of aliphatic hydroxyl groups excluding tert-OH is 1. The Labute approximate surface area is 98.6 Å². The molecule has 17 heavy (non-hydrogen) atoms. The number of ether oxygens (including phenoxy) is 2. The van der Waals surface area contributed by atoms with E-state index in [1.165, 1.54) is 0 Å². The monoisotopic (exact) mass is 235 g/mol. The van der Waals surface area contributed by atoms with Gasteiger partial charge in [-0.25, -0.2) is 0 Å². The van der Waals surface area contributed by atoms with Crippen molar-refractivity contribution in [1.82, 2.24) is 4.90 Å². The molecule has 2 aliphatic heterocycles. The predicted octanol–water partition coefficient (Wildman–Crippen LogP) is 0.274. The van der Waals surface area contributed by atoms with Gasteiger partial charge in [-0.05, 0) is 12.1 Å². The molecule has 0 spiro atoms. The lowest BCUT2D eigenvalue weighted by Gasteiger charge is -2.36. The largest absolute Gasteiger partial charge is 0.486 e. The van der Waals surface area contributed by atoms with Crippen LogP contribution in [0.15, 0.2) is 18.2 Å². The van der Waals surface area contributed by atoms with Crippen LogP contribution in [0.3, 0.4) is 0 Å². The van der Waals surface area contributed by atoms with E-state index in [-0.39, 0.29) is 5.91 Å². The minimum atomic E-state index is -0.393. The third kappa shape index (κ3) is 1.72. The molecule has 2 aliphatic rings. The standard InChI is InChI=1S/C12H13NO4/c14-8-6-13(7-8)12(15)9-2-1-3-10-11(9)17-5-4-16-10/h1-3,8,14H,4-7H2. The quantitative estimate of drug-likeness (QED) is 0.759. The number of benzene rings is 1. The number of carbonyl (C=O) groups is 1. The Balaban J connectivity index is 1.89. The Hall–Kier alpha value is -1.75. The van der Waals surface area contributed by atoms with Gasteiger partial charge in [0.05, 0.1) is 11.7 Å². The summed E-state index contributed by atoms with van der Waals surface area (Å²) >= 11 is 0. The maximum atomic E-state index is 12.1. The van der Waals surface area contributed by atoms with Gasteiger partial charge in [0.25, 0.3) is 5.91 Å². The van der Waals surface area contributed by atoms with Gasteiger partial charge in [0.1, 0.15) is 13.2 Å². The molecule has 0 saturated carbocycles. The highest BCUT2D eigenvalue weighted by Crippen LogP contribution is 2.34. The Morgan fingerprint density at radius 3 is 2.82 bits per heavy atom. The smallest absolute Gasteiger partial charge is 0.257 e. The van der Waals surface area contributed by atoms with Gasteiger partial charge in [-0.15, -0.1) is 0 Å². The highest BCUT2D eigenvalue weighted by atomic mass is 16.6. The molecule has 1 saturated heterocycles. The molecule has 3 rings (SSSR count). The summed E-state index contributed by atoms with van der Waals surface area (Å²) in [5.74, 6) is 1.02. The Morgan fingerprint density at radius 1 is 1.29 bits per heavy atom. The second-order valence-electron chi connectivity index (χ2n) is 4.19. The summed E-state index contributed by atoms with van der Waals surface area (Å²) in [6, 6.07) is 5.29. The summed E-state index contributed by atoms with van der Waals surface area (Å²) < 4.78 is 10.9. The van der Waals surface area contributed by atoms with E-state index in [1.807, 2.05) is 0 Å². The van der Waals surface area contributed by atoms with Crippen LogP contribution in [0.5, 0.6) is 11.5 Å². The van der Waals surface area contributed by atoms with Gasteiger partial charge in [0.15, 0.2) is 11.5 Å². The van der Waals surface area contributed by atoms with Crippen molar-refractivity contribution in [1.29, 1.82) is 0 Å². The zero-order valence-corrected chi connectivity index (χ0v) is 9.26. The molecule has 1 N–H and O–H groups in total. The minimum Gasteiger partial charge on any atom is -0.486 e. The lowest BCUT2D eigenvalue weighted by molar-refractivity contribution is 0.00548. The minimum absolute atomic E-state index is 0.113. The number of likely N-dealkylation sites (tertiary alicyclic amines) is 1. The van der Waals surface area contributed by atoms with Crippen molar-refractivity contribution < 1.29 is 19.4 Å². The van der Waals surface area contributed by atoms with E-state index in [0.29, 0.717) is 43.4 Å². The number of fused-ring (bicyclic) bond motifs is 1. The SMILES string of the molecule is O=C(c1cccc2c1OCCO2)N1CC(O)C1. The van der Waals surface area contributed by atoms with Gasteiger partial charge in [0, 0.05) is 13.1 Å². The Bertz CT molecular complexity index is 454. The van der Waals surface area contributed by atoms with E-state index in [0.717, 1.165) is 0 Å². The third-order valence-electron chi connectivity index (χ3n) is 2.95. The molecule has 1 aromatic rings. The van der Waals surface area contributed by atoms with Crippen LogP contribution < -0.4 is 9.47 Å². The van der Waals surface area contributed by atoms with Gasteiger partial charge in [-0.1, -0.05) is 6.07 Å². The average Bonchev–Trinajstić information content (AvgIpc) is 2.33. The predicted molar refractivity (Wildman–Crippen MR) is 59.3 cm³/mol. The highest BCUT2D eigenvalue weighted by molar-refractivity contribution is 5.98. The molecule has 0 atom stereocenters. The number of nitrogens with zero attached hydrogens (tertiary/aromatic N) is 1. The van der Waals surface area contributed by atoms with E-state index in [1.54, 1.807) is 23.1 Å². The van der Waals surface area contributed by atoms with Crippen molar-refractivity contribution in [2.75, 3.05) is 26.3 Å². The summed E-state index contributed by atoms with van der Waals surface area (Å²) in [5, 5.41) is 9.20. The van der Waals surface area contributed by atoms with Crippen molar-refractivity contribution in [2.24, 2.45) is 0 Å². The fourth-order valence-electron chi connectivity index (χ4n) is 2.03.